The number of nitrogens with one attached hydrogen (secondary N) is 1. The zero-order valence-electron chi connectivity index (χ0n) is 9.30. The summed E-state index contributed by atoms with van der Waals surface area (Å²) in [4.78, 5) is 0.925. The molecule has 1 unspecified atom stereocenters. The number of nitrogens with two attached hydrogens (primary N) is 1. The van der Waals surface area contributed by atoms with E-state index in [1.54, 1.807) is 0 Å². The Bertz CT molecular complexity index is 429. The maximum Gasteiger partial charge on any atom is 0.147 e. The molecule has 0 radical (unpaired) electrons. The van der Waals surface area contributed by atoms with Gasteiger partial charge in [0.2, 0.25) is 0 Å². The van der Waals surface area contributed by atoms with Crippen molar-refractivity contribution in [1.82, 2.24) is 15.0 Å². The van der Waals surface area contributed by atoms with Crippen LogP contribution in [0.5, 0.6) is 0 Å². The second-order valence-electron chi connectivity index (χ2n) is 3.58. The van der Waals surface area contributed by atoms with Crippen molar-refractivity contribution >= 4 is 21.4 Å². The van der Waals surface area contributed by atoms with Crippen LogP contribution in [0.3, 0.4) is 0 Å². The van der Waals surface area contributed by atoms with Crippen LogP contribution in [-0.2, 0) is 16.3 Å². The van der Waals surface area contributed by atoms with Crippen molar-refractivity contribution in [2.75, 3.05) is 12.0 Å². The van der Waals surface area contributed by atoms with E-state index in [1.165, 1.54) is 17.8 Å². The molecule has 16 heavy (non-hydrogen) atoms. The Morgan fingerprint density at radius 2 is 2.25 bits per heavy atom. The average Bonchev–Trinajstić information content (AvgIpc) is 2.65. The summed E-state index contributed by atoms with van der Waals surface area (Å²) in [6.45, 7) is 1.98. The maximum atomic E-state index is 11.1. The molecule has 1 rings (SSSR count). The first-order chi connectivity index (χ1) is 7.48. The highest BCUT2D eigenvalue weighted by molar-refractivity contribution is 7.90. The molecule has 8 heteroatoms. The molecule has 1 heterocycles. The topological polar surface area (TPSA) is 98.0 Å². The fraction of sp³-hybridized carbons (Fsp3) is 0.750. The summed E-state index contributed by atoms with van der Waals surface area (Å²) in [6.07, 6.45) is 2.42. The molecule has 0 fully saturated rings. The van der Waals surface area contributed by atoms with Crippen LogP contribution in [0.2, 0.25) is 0 Å². The number of nitrogens with zero attached hydrogens (tertiary/aromatic N) is 2. The molecular weight excluding hydrogens is 248 g/mol. The first kappa shape index (κ1) is 13.5. The van der Waals surface area contributed by atoms with E-state index >= 15 is 0 Å². The lowest BCUT2D eigenvalue weighted by Crippen LogP contribution is -2.29. The fourth-order valence-corrected chi connectivity index (χ4v) is 2.84. The average molecular weight is 264 g/mol. The number of rotatable bonds is 6. The van der Waals surface area contributed by atoms with Gasteiger partial charge < -0.3 is 0 Å². The summed E-state index contributed by atoms with van der Waals surface area (Å²) in [5, 5.41) is 3.97. The third kappa shape index (κ3) is 3.78. The number of hydrogen-bond acceptors (Lipinski definition) is 7. The Hall–Kier alpha value is -0.570. The number of hydrogen-bond donors (Lipinski definition) is 2. The van der Waals surface area contributed by atoms with E-state index in [1.807, 2.05) is 6.92 Å². The van der Waals surface area contributed by atoms with E-state index in [0.29, 0.717) is 6.42 Å². The highest BCUT2D eigenvalue weighted by Crippen LogP contribution is 2.23. The lowest BCUT2D eigenvalue weighted by Gasteiger charge is -2.13. The molecular formula is C8H16N4O2S2. The molecule has 0 amide bonds. The molecule has 1 aromatic heterocycles. The zero-order valence-corrected chi connectivity index (χ0v) is 10.9. The molecule has 0 aliphatic carbocycles. The minimum absolute atomic E-state index is 0.100. The van der Waals surface area contributed by atoms with Crippen molar-refractivity contribution in [3.63, 3.8) is 0 Å². The largest absolute Gasteiger partial charge is 0.271 e. The molecule has 0 spiro atoms. The van der Waals surface area contributed by atoms with Crippen molar-refractivity contribution in [2.24, 2.45) is 5.84 Å². The second kappa shape index (κ2) is 5.67. The van der Waals surface area contributed by atoms with Crippen LogP contribution in [0, 0.1) is 0 Å². The first-order valence-electron chi connectivity index (χ1n) is 4.93. The van der Waals surface area contributed by atoms with E-state index in [2.05, 4.69) is 15.0 Å². The number of hydrazine groups is 1. The van der Waals surface area contributed by atoms with Gasteiger partial charge in [0.1, 0.15) is 9.84 Å². The Morgan fingerprint density at radius 1 is 1.56 bits per heavy atom. The van der Waals surface area contributed by atoms with Crippen LogP contribution in [0.1, 0.15) is 30.0 Å². The van der Waals surface area contributed by atoms with Gasteiger partial charge in [0, 0.05) is 6.26 Å². The van der Waals surface area contributed by atoms with Crippen molar-refractivity contribution in [3.8, 4) is 0 Å². The van der Waals surface area contributed by atoms with Crippen LogP contribution >= 0.6 is 11.5 Å². The van der Waals surface area contributed by atoms with Crippen LogP contribution in [0.15, 0.2) is 0 Å². The van der Waals surface area contributed by atoms with Crippen molar-refractivity contribution in [1.29, 1.82) is 0 Å². The Kier molecular flexibility index (Phi) is 4.78. The lowest BCUT2D eigenvalue weighted by molar-refractivity contribution is 0.534. The predicted molar refractivity (Wildman–Crippen MR) is 63.7 cm³/mol. The van der Waals surface area contributed by atoms with E-state index in [0.717, 1.165) is 17.0 Å². The number of sulfone groups is 1. The SMILES string of the molecule is CCc1nnsc1C(CCS(C)(=O)=O)NN. The molecule has 0 aromatic carbocycles. The van der Waals surface area contributed by atoms with Gasteiger partial charge in [-0.05, 0) is 24.4 Å². The summed E-state index contributed by atoms with van der Waals surface area (Å²) < 4.78 is 26.0. The Balaban J connectivity index is 2.75. The molecule has 6 nitrogen and oxygen atoms in total. The van der Waals surface area contributed by atoms with Gasteiger partial charge in [-0.2, -0.15) is 0 Å². The van der Waals surface area contributed by atoms with E-state index in [4.69, 9.17) is 5.84 Å². The molecule has 92 valence electrons. The molecule has 0 saturated carbocycles. The summed E-state index contributed by atoms with van der Waals surface area (Å²) in [7, 11) is -2.97. The third-order valence-corrected chi connectivity index (χ3v) is 4.07. The van der Waals surface area contributed by atoms with E-state index in [-0.39, 0.29) is 11.8 Å². The standard InChI is InChI=1S/C8H16N4O2S2/c1-3-6-8(15-12-11-6)7(10-9)4-5-16(2,13)14/h7,10H,3-5,9H2,1-2H3. The van der Waals surface area contributed by atoms with Gasteiger partial charge in [-0.3, -0.25) is 11.3 Å². The van der Waals surface area contributed by atoms with Crippen LogP contribution < -0.4 is 11.3 Å². The summed E-state index contributed by atoms with van der Waals surface area (Å²) in [6, 6.07) is -0.190. The summed E-state index contributed by atoms with van der Waals surface area (Å²) in [5.74, 6) is 5.52. The van der Waals surface area contributed by atoms with Gasteiger partial charge >= 0.3 is 0 Å². The van der Waals surface area contributed by atoms with Gasteiger partial charge in [-0.1, -0.05) is 11.4 Å². The summed E-state index contributed by atoms with van der Waals surface area (Å²) >= 11 is 1.26. The first-order valence-corrected chi connectivity index (χ1v) is 7.76. The molecule has 0 bridgehead atoms. The highest BCUT2D eigenvalue weighted by Gasteiger charge is 2.18. The molecule has 1 atom stereocenters. The minimum atomic E-state index is -2.97. The fourth-order valence-electron chi connectivity index (χ4n) is 1.35. The van der Waals surface area contributed by atoms with Gasteiger partial charge in [0.15, 0.2) is 0 Å². The molecule has 0 saturated heterocycles. The van der Waals surface area contributed by atoms with Crippen LogP contribution in [0.25, 0.3) is 0 Å². The smallest absolute Gasteiger partial charge is 0.147 e. The van der Waals surface area contributed by atoms with Crippen molar-refractivity contribution in [2.45, 2.75) is 25.8 Å². The Morgan fingerprint density at radius 3 is 2.75 bits per heavy atom. The molecule has 3 N–H and O–H groups in total. The van der Waals surface area contributed by atoms with E-state index in [9.17, 15) is 8.42 Å². The molecule has 0 aliphatic rings. The second-order valence-corrected chi connectivity index (χ2v) is 6.62. The predicted octanol–water partition coefficient (Wildman–Crippen LogP) is 0.0396. The van der Waals surface area contributed by atoms with Gasteiger partial charge in [0.05, 0.1) is 22.4 Å². The maximum absolute atomic E-state index is 11.1. The Labute approximate surface area is 99.3 Å². The number of aromatic nitrogens is 2. The normalized spacial score (nSPS) is 13.9. The van der Waals surface area contributed by atoms with Crippen LogP contribution in [-0.4, -0.2) is 30.0 Å². The lowest BCUT2D eigenvalue weighted by atomic mass is 10.1. The van der Waals surface area contributed by atoms with Crippen molar-refractivity contribution in [3.05, 3.63) is 10.6 Å². The molecule has 1 aromatic rings. The summed E-state index contributed by atoms with van der Waals surface area (Å²) in [5.41, 5.74) is 3.49. The van der Waals surface area contributed by atoms with Gasteiger partial charge in [0.25, 0.3) is 0 Å². The minimum Gasteiger partial charge on any atom is -0.271 e. The van der Waals surface area contributed by atoms with Crippen molar-refractivity contribution < 1.29 is 8.42 Å². The highest BCUT2D eigenvalue weighted by atomic mass is 32.2. The molecule has 0 aliphatic heterocycles. The van der Waals surface area contributed by atoms with E-state index < -0.39 is 9.84 Å². The monoisotopic (exact) mass is 264 g/mol. The van der Waals surface area contributed by atoms with Crippen LogP contribution in [0.4, 0.5) is 0 Å². The number of aryl methyl sites for hydroxylation is 1. The van der Waals surface area contributed by atoms with Gasteiger partial charge in [-0.25, -0.2) is 8.42 Å². The quantitative estimate of drug-likeness (QED) is 0.556. The zero-order chi connectivity index (χ0) is 12.2. The third-order valence-electron chi connectivity index (χ3n) is 2.22. The van der Waals surface area contributed by atoms with Gasteiger partial charge in [-0.15, -0.1) is 5.10 Å².